The zero-order chi connectivity index (χ0) is 18.8. The van der Waals surface area contributed by atoms with Crippen LogP contribution in [0.5, 0.6) is 0 Å². The molecule has 3 aliphatic rings. The van der Waals surface area contributed by atoms with Crippen LogP contribution >= 0.6 is 11.3 Å². The molecule has 2 N–H and O–H groups in total. The molecule has 5 heterocycles. The van der Waals surface area contributed by atoms with Gasteiger partial charge in [-0.1, -0.05) is 23.5 Å². The van der Waals surface area contributed by atoms with Crippen molar-refractivity contribution in [2.24, 2.45) is 0 Å². The standard InChI is InChI=1S/C19H16N4O4S/c20-18-22-13-4-9-6-25-8-14(16(13)28-18)23(9)19-21-5-15(27-19)10-2-1-3-11-12(10)7-26-17(11)24/h1-3,5,9,14H,4,6-8H2,(H2,20,22)/t9-,14-/m0/s1. The monoisotopic (exact) mass is 396 g/mol. The molecule has 6 rings (SSSR count). The van der Waals surface area contributed by atoms with Gasteiger partial charge in [0.05, 0.1) is 47.6 Å². The topological polar surface area (TPSA) is 104 Å². The maximum atomic E-state index is 11.8. The van der Waals surface area contributed by atoms with Gasteiger partial charge in [0.25, 0.3) is 6.01 Å². The summed E-state index contributed by atoms with van der Waals surface area (Å²) in [6, 6.07) is 6.18. The van der Waals surface area contributed by atoms with Crippen molar-refractivity contribution in [2.75, 3.05) is 23.8 Å². The summed E-state index contributed by atoms with van der Waals surface area (Å²) in [5.74, 6) is 0.327. The normalized spacial score (nSPS) is 22.7. The van der Waals surface area contributed by atoms with Gasteiger partial charge in [0, 0.05) is 17.5 Å². The lowest BCUT2D eigenvalue weighted by atomic mass is 9.97. The first-order chi connectivity index (χ1) is 13.7. The van der Waals surface area contributed by atoms with Crippen LogP contribution < -0.4 is 10.6 Å². The molecule has 8 nitrogen and oxygen atoms in total. The first-order valence-electron chi connectivity index (χ1n) is 9.05. The summed E-state index contributed by atoms with van der Waals surface area (Å²) in [4.78, 5) is 24.2. The minimum absolute atomic E-state index is 0.00444. The molecule has 9 heteroatoms. The predicted molar refractivity (Wildman–Crippen MR) is 101 cm³/mol. The Labute approximate surface area is 163 Å². The van der Waals surface area contributed by atoms with E-state index in [1.807, 2.05) is 12.1 Å². The van der Waals surface area contributed by atoms with E-state index in [-0.39, 0.29) is 24.7 Å². The quantitative estimate of drug-likeness (QED) is 0.659. The van der Waals surface area contributed by atoms with Crippen LogP contribution in [0.2, 0.25) is 0 Å². The predicted octanol–water partition coefficient (Wildman–Crippen LogP) is 2.55. The van der Waals surface area contributed by atoms with Gasteiger partial charge < -0.3 is 24.5 Å². The molecule has 2 atom stereocenters. The number of nitrogens with zero attached hydrogens (tertiary/aromatic N) is 3. The fourth-order valence-corrected chi connectivity index (χ4v) is 5.23. The highest BCUT2D eigenvalue weighted by Crippen LogP contribution is 2.43. The Morgan fingerprint density at radius 1 is 1.25 bits per heavy atom. The number of morpholine rings is 1. The van der Waals surface area contributed by atoms with E-state index < -0.39 is 0 Å². The van der Waals surface area contributed by atoms with Gasteiger partial charge in [-0.25, -0.2) is 14.8 Å². The average Bonchev–Trinajstić information content (AvgIpc) is 3.40. The number of carbonyl (C=O) groups is 1. The number of aromatic nitrogens is 2. The van der Waals surface area contributed by atoms with Crippen LogP contribution in [0.1, 0.15) is 32.5 Å². The Hall–Kier alpha value is -2.91. The second kappa shape index (κ2) is 5.79. The van der Waals surface area contributed by atoms with Crippen molar-refractivity contribution in [2.45, 2.75) is 25.1 Å². The van der Waals surface area contributed by atoms with Crippen molar-refractivity contribution in [3.63, 3.8) is 0 Å². The van der Waals surface area contributed by atoms with Crippen molar-refractivity contribution < 1.29 is 18.7 Å². The number of hydrogen-bond acceptors (Lipinski definition) is 9. The van der Waals surface area contributed by atoms with Crippen LogP contribution in [0.25, 0.3) is 11.3 Å². The van der Waals surface area contributed by atoms with Gasteiger partial charge in [0.1, 0.15) is 6.61 Å². The first kappa shape index (κ1) is 16.1. The molecular formula is C19H16N4O4S. The lowest BCUT2D eigenvalue weighted by molar-refractivity contribution is 0.0535. The highest BCUT2D eigenvalue weighted by atomic mass is 32.1. The fourth-order valence-electron chi connectivity index (χ4n) is 4.28. The molecule has 142 valence electrons. The summed E-state index contributed by atoms with van der Waals surface area (Å²) in [6.07, 6.45) is 2.46. The molecule has 3 aromatic rings. The molecule has 0 aliphatic carbocycles. The number of esters is 1. The molecule has 0 unspecified atom stereocenters. The van der Waals surface area contributed by atoms with E-state index in [1.54, 1.807) is 12.3 Å². The summed E-state index contributed by atoms with van der Waals surface area (Å²) in [5.41, 5.74) is 9.26. The van der Waals surface area contributed by atoms with E-state index in [2.05, 4.69) is 14.9 Å². The number of benzene rings is 1. The smallest absolute Gasteiger partial charge is 0.338 e. The first-order valence-corrected chi connectivity index (χ1v) is 9.87. The van der Waals surface area contributed by atoms with Crippen molar-refractivity contribution >= 4 is 28.5 Å². The van der Waals surface area contributed by atoms with Gasteiger partial charge in [-0.3, -0.25) is 0 Å². The summed E-state index contributed by atoms with van der Waals surface area (Å²) in [5, 5.41) is 0.579. The van der Waals surface area contributed by atoms with E-state index in [0.29, 0.717) is 35.7 Å². The number of nitrogen functional groups attached to an aromatic ring is 1. The number of hydrogen-bond donors (Lipinski definition) is 1. The van der Waals surface area contributed by atoms with Crippen molar-refractivity contribution in [1.29, 1.82) is 0 Å². The number of fused-ring (bicyclic) bond motifs is 5. The van der Waals surface area contributed by atoms with Crippen LogP contribution in [-0.2, 0) is 22.5 Å². The number of oxazole rings is 1. The average molecular weight is 396 g/mol. The van der Waals surface area contributed by atoms with Crippen LogP contribution in [0.3, 0.4) is 0 Å². The summed E-state index contributed by atoms with van der Waals surface area (Å²) in [7, 11) is 0. The Morgan fingerprint density at radius 3 is 3.07 bits per heavy atom. The van der Waals surface area contributed by atoms with Gasteiger partial charge >= 0.3 is 5.97 Å². The molecule has 1 saturated heterocycles. The summed E-state index contributed by atoms with van der Waals surface area (Å²) < 4.78 is 17.1. The van der Waals surface area contributed by atoms with Crippen molar-refractivity contribution in [1.82, 2.24) is 9.97 Å². The van der Waals surface area contributed by atoms with Crippen molar-refractivity contribution in [3.8, 4) is 11.3 Å². The Kier molecular flexibility index (Phi) is 3.33. The maximum absolute atomic E-state index is 11.8. The largest absolute Gasteiger partial charge is 0.457 e. The van der Waals surface area contributed by atoms with Gasteiger partial charge in [0.15, 0.2) is 10.9 Å². The fraction of sp³-hybridized carbons (Fsp3) is 0.316. The zero-order valence-corrected chi connectivity index (χ0v) is 15.6. The minimum Gasteiger partial charge on any atom is -0.457 e. The van der Waals surface area contributed by atoms with Gasteiger partial charge in [-0.15, -0.1) is 0 Å². The zero-order valence-electron chi connectivity index (χ0n) is 14.8. The number of rotatable bonds is 2. The Bertz CT molecular complexity index is 1110. The van der Waals surface area contributed by atoms with E-state index in [1.165, 1.54) is 11.3 Å². The highest BCUT2D eigenvalue weighted by molar-refractivity contribution is 7.15. The third-order valence-corrected chi connectivity index (χ3v) is 6.54. The number of thiazole rings is 1. The van der Waals surface area contributed by atoms with Crippen molar-refractivity contribution in [3.05, 3.63) is 46.1 Å². The number of ether oxygens (including phenoxy) is 2. The molecule has 1 fully saturated rings. The second-order valence-corrected chi connectivity index (χ2v) is 8.16. The van der Waals surface area contributed by atoms with E-state index in [4.69, 9.17) is 19.6 Å². The lowest BCUT2D eigenvalue weighted by Gasteiger charge is -2.43. The SMILES string of the molecule is Nc1nc2c(s1)[C@@H]1COC[C@H](C2)N1c1ncc(-c2cccc3c2COC3=O)o1. The molecule has 3 aliphatic heterocycles. The molecule has 0 spiro atoms. The number of cyclic esters (lactones) is 1. The highest BCUT2D eigenvalue weighted by Gasteiger charge is 2.42. The van der Waals surface area contributed by atoms with E-state index >= 15 is 0 Å². The molecular weight excluding hydrogens is 380 g/mol. The molecule has 0 saturated carbocycles. The number of carbonyl (C=O) groups excluding carboxylic acids is 1. The third-order valence-electron chi connectivity index (χ3n) is 5.51. The van der Waals surface area contributed by atoms with Crippen LogP contribution in [-0.4, -0.2) is 35.2 Å². The van der Waals surface area contributed by atoms with Crippen LogP contribution in [0.15, 0.2) is 28.8 Å². The molecule has 1 aromatic carbocycles. The summed E-state index contributed by atoms with van der Waals surface area (Å²) >= 11 is 1.50. The van der Waals surface area contributed by atoms with Gasteiger partial charge in [-0.2, -0.15) is 0 Å². The summed E-state index contributed by atoms with van der Waals surface area (Å²) in [6.45, 7) is 1.40. The van der Waals surface area contributed by atoms with Gasteiger partial charge in [0.2, 0.25) is 0 Å². The molecule has 28 heavy (non-hydrogen) atoms. The van der Waals surface area contributed by atoms with Gasteiger partial charge in [-0.05, 0) is 6.07 Å². The van der Waals surface area contributed by atoms with E-state index in [0.717, 1.165) is 28.1 Å². The Morgan fingerprint density at radius 2 is 2.14 bits per heavy atom. The molecule has 2 bridgehead atoms. The maximum Gasteiger partial charge on any atom is 0.338 e. The van der Waals surface area contributed by atoms with E-state index in [9.17, 15) is 4.79 Å². The number of nitrogens with two attached hydrogens (primary N) is 1. The lowest BCUT2D eigenvalue weighted by Crippen LogP contribution is -2.51. The molecule has 0 radical (unpaired) electrons. The molecule has 0 amide bonds. The Balaban J connectivity index is 1.40. The second-order valence-electron chi connectivity index (χ2n) is 7.10. The van der Waals surface area contributed by atoms with Crippen LogP contribution in [0, 0.1) is 0 Å². The number of anilines is 2. The molecule has 2 aromatic heterocycles. The minimum atomic E-state index is -0.297. The third kappa shape index (κ3) is 2.23. The van der Waals surface area contributed by atoms with Crippen LogP contribution in [0.4, 0.5) is 11.1 Å².